The number of likely N-dealkylation sites (tertiary alicyclic amines) is 1. The van der Waals surface area contributed by atoms with Crippen LogP contribution in [-0.2, 0) is 12.7 Å². The van der Waals surface area contributed by atoms with Gasteiger partial charge in [-0.1, -0.05) is 13.3 Å². The van der Waals surface area contributed by atoms with E-state index in [-0.39, 0.29) is 6.54 Å². The fourth-order valence-corrected chi connectivity index (χ4v) is 3.58. The number of aromatic nitrogens is 1. The van der Waals surface area contributed by atoms with Crippen LogP contribution in [0.4, 0.5) is 13.2 Å². The van der Waals surface area contributed by atoms with Crippen LogP contribution in [0.2, 0.25) is 0 Å². The number of aliphatic imine (C=N–C) groups is 1. The number of nitrogens with zero attached hydrogens (tertiary/aromatic N) is 3. The molecule has 148 valence electrons. The molecular formula is C17H28F3N5S. The molecule has 1 aromatic heterocycles. The minimum absolute atomic E-state index is 0.144. The largest absolute Gasteiger partial charge is 0.434 e. The zero-order valence-electron chi connectivity index (χ0n) is 15.4. The smallest absolute Gasteiger partial charge is 0.357 e. The second-order valence-corrected chi connectivity index (χ2v) is 7.38. The quantitative estimate of drug-likeness (QED) is 0.552. The second kappa shape index (κ2) is 10.1. The first-order chi connectivity index (χ1) is 12.4. The van der Waals surface area contributed by atoms with Crippen LogP contribution in [-0.4, -0.2) is 48.1 Å². The van der Waals surface area contributed by atoms with Crippen LogP contribution in [0.25, 0.3) is 0 Å². The van der Waals surface area contributed by atoms with Crippen LogP contribution in [0.3, 0.4) is 0 Å². The Morgan fingerprint density at radius 2 is 2.08 bits per heavy atom. The molecule has 1 saturated heterocycles. The highest BCUT2D eigenvalue weighted by molar-refractivity contribution is 7.09. The molecule has 2 rings (SSSR count). The predicted molar refractivity (Wildman–Crippen MR) is 99.4 cm³/mol. The lowest BCUT2D eigenvalue weighted by Crippen LogP contribution is -2.48. The summed E-state index contributed by atoms with van der Waals surface area (Å²) >= 11 is 0.990. The maximum absolute atomic E-state index is 12.6. The van der Waals surface area contributed by atoms with Gasteiger partial charge >= 0.3 is 6.18 Å². The predicted octanol–water partition coefficient (Wildman–Crippen LogP) is 3.48. The Morgan fingerprint density at radius 1 is 1.35 bits per heavy atom. The summed E-state index contributed by atoms with van der Waals surface area (Å²) < 4.78 is 37.9. The highest BCUT2D eigenvalue weighted by Crippen LogP contribution is 2.30. The fourth-order valence-electron chi connectivity index (χ4n) is 2.86. The van der Waals surface area contributed by atoms with Crippen molar-refractivity contribution in [3.63, 3.8) is 0 Å². The van der Waals surface area contributed by atoms with Gasteiger partial charge in [0.15, 0.2) is 11.7 Å². The molecule has 1 fully saturated rings. The number of nitrogens with one attached hydrogen (secondary N) is 2. The van der Waals surface area contributed by atoms with Crippen molar-refractivity contribution in [3.05, 3.63) is 16.1 Å². The van der Waals surface area contributed by atoms with Gasteiger partial charge in [0.1, 0.15) is 5.01 Å². The summed E-state index contributed by atoms with van der Waals surface area (Å²) in [6.07, 6.45) is 0.137. The first kappa shape index (κ1) is 21.0. The number of guanidine groups is 1. The number of piperidine rings is 1. The third kappa shape index (κ3) is 6.75. The molecule has 1 aromatic rings. The molecule has 9 heteroatoms. The molecule has 2 N–H and O–H groups in total. The van der Waals surface area contributed by atoms with Crippen molar-refractivity contribution < 1.29 is 13.2 Å². The summed E-state index contributed by atoms with van der Waals surface area (Å²) in [5, 5.41) is 7.97. The lowest BCUT2D eigenvalue weighted by Gasteiger charge is -2.33. The van der Waals surface area contributed by atoms with Gasteiger partial charge in [0, 0.05) is 31.1 Å². The molecule has 5 nitrogen and oxygen atoms in total. The lowest BCUT2D eigenvalue weighted by molar-refractivity contribution is -0.140. The van der Waals surface area contributed by atoms with E-state index in [1.807, 2.05) is 6.92 Å². The number of unbranched alkanes of at least 4 members (excludes halogenated alkanes) is 1. The Morgan fingerprint density at radius 3 is 2.65 bits per heavy atom. The molecule has 0 radical (unpaired) electrons. The van der Waals surface area contributed by atoms with E-state index in [1.165, 1.54) is 12.8 Å². The van der Waals surface area contributed by atoms with E-state index in [0.717, 1.165) is 49.2 Å². The van der Waals surface area contributed by atoms with E-state index < -0.39 is 11.9 Å². The van der Waals surface area contributed by atoms with Crippen molar-refractivity contribution in [3.8, 4) is 0 Å². The van der Waals surface area contributed by atoms with Gasteiger partial charge in [-0.05, 0) is 32.7 Å². The standard InChI is InChI=1S/C17H28F3N5S/c1-3-5-8-25-9-6-13(7-10-25)23-16(21-4-2)22-11-15-24-14(12-26-15)17(18,19)20/h12-13H,3-11H2,1-2H3,(H2,21,22,23). The maximum atomic E-state index is 12.6. The van der Waals surface area contributed by atoms with Gasteiger partial charge < -0.3 is 15.5 Å². The number of alkyl halides is 3. The molecule has 0 amide bonds. The zero-order chi connectivity index (χ0) is 19.0. The number of hydrogen-bond acceptors (Lipinski definition) is 4. The van der Waals surface area contributed by atoms with Gasteiger partial charge in [-0.2, -0.15) is 13.2 Å². The van der Waals surface area contributed by atoms with Gasteiger partial charge in [-0.25, -0.2) is 9.98 Å². The van der Waals surface area contributed by atoms with Crippen LogP contribution in [0.1, 0.15) is 50.2 Å². The van der Waals surface area contributed by atoms with Crippen LogP contribution >= 0.6 is 11.3 Å². The molecule has 0 atom stereocenters. The zero-order valence-corrected chi connectivity index (χ0v) is 16.2. The minimum atomic E-state index is -4.40. The Balaban J connectivity index is 1.86. The van der Waals surface area contributed by atoms with E-state index in [4.69, 9.17) is 0 Å². The fraction of sp³-hybridized carbons (Fsp3) is 0.765. The van der Waals surface area contributed by atoms with Crippen LogP contribution in [0.5, 0.6) is 0 Å². The summed E-state index contributed by atoms with van der Waals surface area (Å²) in [7, 11) is 0. The molecule has 26 heavy (non-hydrogen) atoms. The van der Waals surface area contributed by atoms with Gasteiger partial charge in [0.2, 0.25) is 0 Å². The molecule has 0 saturated carbocycles. The molecular weight excluding hydrogens is 363 g/mol. The Kier molecular flexibility index (Phi) is 8.15. The number of rotatable bonds is 7. The van der Waals surface area contributed by atoms with Crippen LogP contribution in [0.15, 0.2) is 10.4 Å². The second-order valence-electron chi connectivity index (χ2n) is 6.43. The highest BCUT2D eigenvalue weighted by Gasteiger charge is 2.33. The summed E-state index contributed by atoms with van der Waals surface area (Å²) in [5.41, 5.74) is -0.842. The van der Waals surface area contributed by atoms with Crippen molar-refractivity contribution >= 4 is 17.3 Å². The summed E-state index contributed by atoms with van der Waals surface area (Å²) in [5.74, 6) is 0.642. The van der Waals surface area contributed by atoms with E-state index >= 15 is 0 Å². The molecule has 0 aromatic carbocycles. The van der Waals surface area contributed by atoms with Crippen molar-refractivity contribution in [2.24, 2.45) is 4.99 Å². The molecule has 0 unspecified atom stereocenters. The number of halogens is 3. The molecule has 0 spiro atoms. The average Bonchev–Trinajstić information content (AvgIpc) is 3.09. The summed E-state index contributed by atoms with van der Waals surface area (Å²) in [6, 6.07) is 0.340. The van der Waals surface area contributed by atoms with E-state index in [1.54, 1.807) is 0 Å². The third-order valence-corrected chi connectivity index (χ3v) is 5.15. The van der Waals surface area contributed by atoms with Crippen LogP contribution < -0.4 is 10.6 Å². The van der Waals surface area contributed by atoms with Crippen molar-refractivity contribution in [2.45, 2.75) is 58.3 Å². The molecule has 1 aliphatic heterocycles. The van der Waals surface area contributed by atoms with E-state index in [0.29, 0.717) is 23.6 Å². The molecule has 0 bridgehead atoms. The van der Waals surface area contributed by atoms with E-state index in [2.05, 4.69) is 32.4 Å². The molecule has 2 heterocycles. The van der Waals surface area contributed by atoms with Crippen molar-refractivity contribution in [1.29, 1.82) is 0 Å². The first-order valence-corrected chi connectivity index (χ1v) is 10.1. The highest BCUT2D eigenvalue weighted by atomic mass is 32.1. The molecule has 0 aliphatic carbocycles. The number of hydrogen-bond donors (Lipinski definition) is 2. The van der Waals surface area contributed by atoms with Crippen molar-refractivity contribution in [1.82, 2.24) is 20.5 Å². The SMILES string of the molecule is CCCCN1CCC(NC(=NCc2nc(C(F)(F)F)cs2)NCC)CC1. The van der Waals surface area contributed by atoms with Crippen LogP contribution in [0, 0.1) is 0 Å². The summed E-state index contributed by atoms with van der Waals surface area (Å²) in [6.45, 7) is 8.31. The third-order valence-electron chi connectivity index (χ3n) is 4.32. The Labute approximate surface area is 157 Å². The van der Waals surface area contributed by atoms with Gasteiger partial charge in [0.25, 0.3) is 0 Å². The topological polar surface area (TPSA) is 52.5 Å². The van der Waals surface area contributed by atoms with Gasteiger partial charge in [-0.3, -0.25) is 0 Å². The van der Waals surface area contributed by atoms with Gasteiger partial charge in [0.05, 0.1) is 6.54 Å². The summed E-state index contributed by atoms with van der Waals surface area (Å²) in [4.78, 5) is 10.5. The average molecular weight is 392 g/mol. The van der Waals surface area contributed by atoms with Gasteiger partial charge in [-0.15, -0.1) is 11.3 Å². The van der Waals surface area contributed by atoms with E-state index in [9.17, 15) is 13.2 Å². The van der Waals surface area contributed by atoms with Crippen molar-refractivity contribution in [2.75, 3.05) is 26.2 Å². The Bertz CT molecular complexity index is 565. The first-order valence-electron chi connectivity index (χ1n) is 9.21. The number of thiazole rings is 1. The normalized spacial score (nSPS) is 17.5. The molecule has 1 aliphatic rings. The monoisotopic (exact) mass is 391 g/mol. The Hall–Kier alpha value is -1.35. The maximum Gasteiger partial charge on any atom is 0.434 e. The lowest BCUT2D eigenvalue weighted by atomic mass is 10.0. The minimum Gasteiger partial charge on any atom is -0.357 e.